The van der Waals surface area contributed by atoms with Crippen molar-refractivity contribution in [3.05, 3.63) is 27.7 Å². The number of hydrogen-bond acceptors (Lipinski definition) is 3. The third-order valence-corrected chi connectivity index (χ3v) is 5.90. The van der Waals surface area contributed by atoms with Gasteiger partial charge in [0.1, 0.15) is 0 Å². The first-order valence-electron chi connectivity index (χ1n) is 6.33. The zero-order valence-corrected chi connectivity index (χ0v) is 14.7. The Hall–Kier alpha value is -0.140. The topological polar surface area (TPSA) is 72.2 Å². The molecular formula is C13H20BrClN2O2S. The van der Waals surface area contributed by atoms with Crippen LogP contribution in [0.3, 0.4) is 0 Å². The maximum atomic E-state index is 12.3. The number of aryl methyl sites for hydroxylation is 2. The average molecular weight is 384 g/mol. The molecule has 3 N–H and O–H groups in total. The van der Waals surface area contributed by atoms with Crippen molar-refractivity contribution >= 4 is 38.4 Å². The van der Waals surface area contributed by atoms with Gasteiger partial charge in [-0.1, -0.05) is 15.9 Å². The van der Waals surface area contributed by atoms with Crippen LogP contribution in [0.15, 0.2) is 21.5 Å². The lowest BCUT2D eigenvalue weighted by Gasteiger charge is -2.14. The molecule has 0 heterocycles. The first kappa shape index (κ1) is 17.9. The van der Waals surface area contributed by atoms with Gasteiger partial charge < -0.3 is 5.73 Å². The summed E-state index contributed by atoms with van der Waals surface area (Å²) in [7, 11) is -3.48. The molecule has 1 fully saturated rings. The van der Waals surface area contributed by atoms with Gasteiger partial charge in [-0.05, 0) is 55.9 Å². The molecule has 1 saturated carbocycles. The summed E-state index contributed by atoms with van der Waals surface area (Å²) in [5, 5.41) is 0. The maximum Gasteiger partial charge on any atom is 0.240 e. The molecule has 0 aliphatic heterocycles. The van der Waals surface area contributed by atoms with Crippen LogP contribution in [0.4, 0.5) is 0 Å². The van der Waals surface area contributed by atoms with E-state index >= 15 is 0 Å². The Morgan fingerprint density at radius 2 is 1.95 bits per heavy atom. The van der Waals surface area contributed by atoms with E-state index in [4.69, 9.17) is 5.73 Å². The monoisotopic (exact) mass is 382 g/mol. The first-order valence-corrected chi connectivity index (χ1v) is 8.61. The highest BCUT2D eigenvalue weighted by atomic mass is 79.9. The van der Waals surface area contributed by atoms with Crippen molar-refractivity contribution in [1.29, 1.82) is 0 Å². The molecule has 1 aliphatic rings. The van der Waals surface area contributed by atoms with Gasteiger partial charge in [-0.2, -0.15) is 0 Å². The van der Waals surface area contributed by atoms with Crippen LogP contribution < -0.4 is 10.5 Å². The fraction of sp³-hybridized carbons (Fsp3) is 0.538. The molecule has 1 aromatic rings. The summed E-state index contributed by atoms with van der Waals surface area (Å²) in [5.41, 5.74) is 7.55. The molecule has 114 valence electrons. The van der Waals surface area contributed by atoms with Crippen molar-refractivity contribution in [1.82, 2.24) is 4.72 Å². The number of benzene rings is 1. The fourth-order valence-electron chi connectivity index (χ4n) is 2.02. The van der Waals surface area contributed by atoms with Crippen LogP contribution in [0.25, 0.3) is 0 Å². The molecule has 0 saturated heterocycles. The smallest absolute Gasteiger partial charge is 0.240 e. The van der Waals surface area contributed by atoms with Gasteiger partial charge in [0.25, 0.3) is 0 Å². The Labute approximate surface area is 135 Å². The highest BCUT2D eigenvalue weighted by Gasteiger charge is 2.29. The Kier molecular flexibility index (Phi) is 6.04. The molecule has 1 aliphatic carbocycles. The molecule has 0 amide bonds. The largest absolute Gasteiger partial charge is 0.326 e. The normalized spacial score (nSPS) is 16.6. The second kappa shape index (κ2) is 6.75. The molecule has 1 unspecified atom stereocenters. The Morgan fingerprint density at radius 1 is 1.35 bits per heavy atom. The van der Waals surface area contributed by atoms with Gasteiger partial charge in [-0.3, -0.25) is 0 Å². The van der Waals surface area contributed by atoms with Crippen LogP contribution in [0.2, 0.25) is 0 Å². The van der Waals surface area contributed by atoms with Crippen molar-refractivity contribution in [2.45, 2.75) is 37.6 Å². The Morgan fingerprint density at radius 3 is 2.50 bits per heavy atom. The lowest BCUT2D eigenvalue weighted by molar-refractivity contribution is 0.547. The van der Waals surface area contributed by atoms with Gasteiger partial charge in [-0.15, -0.1) is 12.4 Å². The molecular weight excluding hydrogens is 364 g/mol. The number of nitrogens with one attached hydrogen (secondary N) is 1. The van der Waals surface area contributed by atoms with E-state index in [2.05, 4.69) is 20.7 Å². The van der Waals surface area contributed by atoms with Gasteiger partial charge in [0.2, 0.25) is 10.0 Å². The third-order valence-electron chi connectivity index (χ3n) is 3.48. The number of hydrogen-bond donors (Lipinski definition) is 2. The van der Waals surface area contributed by atoms with Gasteiger partial charge in [0.15, 0.2) is 0 Å². The summed E-state index contributed by atoms with van der Waals surface area (Å²) in [5.74, 6) is 0.482. The van der Waals surface area contributed by atoms with E-state index in [9.17, 15) is 8.42 Å². The van der Waals surface area contributed by atoms with E-state index in [0.29, 0.717) is 17.4 Å². The molecule has 0 aromatic heterocycles. The molecule has 0 radical (unpaired) electrons. The van der Waals surface area contributed by atoms with Crippen molar-refractivity contribution in [2.24, 2.45) is 11.7 Å². The summed E-state index contributed by atoms with van der Waals surface area (Å²) >= 11 is 3.40. The summed E-state index contributed by atoms with van der Waals surface area (Å²) < 4.78 is 28.1. The van der Waals surface area contributed by atoms with Gasteiger partial charge in [0, 0.05) is 17.1 Å². The predicted octanol–water partition coefficient (Wildman–Crippen LogP) is 2.50. The highest BCUT2D eigenvalue weighted by Crippen LogP contribution is 2.31. The third kappa shape index (κ3) is 4.18. The Bertz CT molecular complexity index is 588. The molecule has 20 heavy (non-hydrogen) atoms. The number of nitrogens with two attached hydrogens (primary N) is 1. The average Bonchev–Trinajstić information content (AvgIpc) is 3.14. The van der Waals surface area contributed by atoms with Crippen LogP contribution in [-0.2, 0) is 10.0 Å². The predicted molar refractivity (Wildman–Crippen MR) is 86.8 cm³/mol. The van der Waals surface area contributed by atoms with Crippen LogP contribution in [0, 0.1) is 19.8 Å². The van der Waals surface area contributed by atoms with E-state index in [0.717, 1.165) is 28.4 Å². The van der Waals surface area contributed by atoms with Crippen LogP contribution in [0.5, 0.6) is 0 Å². The van der Waals surface area contributed by atoms with Gasteiger partial charge >= 0.3 is 0 Å². The van der Waals surface area contributed by atoms with E-state index in [1.807, 2.05) is 13.0 Å². The summed E-state index contributed by atoms with van der Waals surface area (Å²) in [6.07, 6.45) is 2.22. The highest BCUT2D eigenvalue weighted by molar-refractivity contribution is 9.10. The maximum absolute atomic E-state index is 12.3. The van der Waals surface area contributed by atoms with E-state index in [1.165, 1.54) is 0 Å². The molecule has 2 rings (SSSR count). The fourth-order valence-corrected chi connectivity index (χ4v) is 3.86. The second-order valence-electron chi connectivity index (χ2n) is 5.22. The summed E-state index contributed by atoms with van der Waals surface area (Å²) in [4.78, 5) is 0.330. The van der Waals surface area contributed by atoms with Crippen molar-refractivity contribution < 1.29 is 8.42 Å². The molecule has 1 atom stereocenters. The minimum Gasteiger partial charge on any atom is -0.326 e. The zero-order chi connectivity index (χ0) is 14.2. The minimum absolute atomic E-state index is 0. The number of sulfonamides is 1. The van der Waals surface area contributed by atoms with Crippen molar-refractivity contribution in [3.63, 3.8) is 0 Å². The lowest BCUT2D eigenvalue weighted by atomic mass is 10.2. The quantitative estimate of drug-likeness (QED) is 0.820. The first-order chi connectivity index (χ1) is 8.81. The van der Waals surface area contributed by atoms with Crippen LogP contribution in [0.1, 0.15) is 24.0 Å². The molecule has 4 nitrogen and oxygen atoms in total. The Balaban J connectivity index is 0.00000200. The van der Waals surface area contributed by atoms with Gasteiger partial charge in [-0.25, -0.2) is 13.1 Å². The summed E-state index contributed by atoms with van der Waals surface area (Å²) in [6, 6.07) is 3.43. The summed E-state index contributed by atoms with van der Waals surface area (Å²) in [6.45, 7) is 3.97. The SMILES string of the molecule is Cc1cc(S(=O)(=O)NCC(N)C2CC2)c(C)cc1Br.Cl. The number of rotatable bonds is 5. The van der Waals surface area contributed by atoms with Gasteiger partial charge in [0.05, 0.1) is 4.90 Å². The van der Waals surface area contributed by atoms with Crippen molar-refractivity contribution in [3.8, 4) is 0 Å². The molecule has 7 heteroatoms. The van der Waals surface area contributed by atoms with Crippen LogP contribution >= 0.6 is 28.3 Å². The number of halogens is 2. The van der Waals surface area contributed by atoms with E-state index in [-0.39, 0.29) is 18.4 Å². The van der Waals surface area contributed by atoms with Crippen LogP contribution in [-0.4, -0.2) is 21.0 Å². The second-order valence-corrected chi connectivity index (χ2v) is 7.81. The zero-order valence-electron chi connectivity index (χ0n) is 11.5. The van der Waals surface area contributed by atoms with E-state index < -0.39 is 10.0 Å². The molecule has 0 spiro atoms. The van der Waals surface area contributed by atoms with Crippen molar-refractivity contribution in [2.75, 3.05) is 6.54 Å². The molecule has 0 bridgehead atoms. The molecule has 1 aromatic carbocycles. The lowest BCUT2D eigenvalue weighted by Crippen LogP contribution is -2.38. The van der Waals surface area contributed by atoms with E-state index in [1.54, 1.807) is 13.0 Å². The minimum atomic E-state index is -3.48. The standard InChI is InChI=1S/C13H19BrN2O2S.ClH/c1-8-6-13(9(2)5-11(8)14)19(17,18)16-7-12(15)10-3-4-10;/h5-6,10,12,16H,3-4,7,15H2,1-2H3;1H.